The van der Waals surface area contributed by atoms with E-state index in [0.29, 0.717) is 33.3 Å². The molecule has 2 aromatic heterocycles. The number of methoxy groups -OCH3 is 1. The molecule has 0 radical (unpaired) electrons. The third-order valence-electron chi connectivity index (χ3n) is 4.76. The van der Waals surface area contributed by atoms with E-state index in [9.17, 15) is 9.59 Å². The van der Waals surface area contributed by atoms with Crippen LogP contribution in [0.1, 0.15) is 26.3 Å². The summed E-state index contributed by atoms with van der Waals surface area (Å²) in [5.41, 5.74) is 9.64. The first-order valence-corrected chi connectivity index (χ1v) is 9.72. The van der Waals surface area contributed by atoms with Crippen LogP contribution in [0.15, 0.2) is 66.3 Å². The van der Waals surface area contributed by atoms with Gasteiger partial charge in [0.15, 0.2) is 5.65 Å². The maximum atomic E-state index is 12.8. The van der Waals surface area contributed by atoms with Gasteiger partial charge in [0.05, 0.1) is 29.9 Å². The highest BCUT2D eigenvalue weighted by Gasteiger charge is 2.23. The number of nitrogens with zero attached hydrogens (tertiary/aromatic N) is 4. The van der Waals surface area contributed by atoms with Gasteiger partial charge < -0.3 is 15.8 Å². The molecule has 0 unspecified atom stereocenters. The number of rotatable bonds is 6. The van der Waals surface area contributed by atoms with E-state index in [1.54, 1.807) is 36.6 Å². The minimum Gasteiger partial charge on any atom is -0.465 e. The van der Waals surface area contributed by atoms with E-state index in [-0.39, 0.29) is 17.9 Å². The molecular formula is C23H20N6O3. The van der Waals surface area contributed by atoms with Crippen LogP contribution in [0.5, 0.6) is 0 Å². The van der Waals surface area contributed by atoms with Gasteiger partial charge in [0.2, 0.25) is 0 Å². The van der Waals surface area contributed by atoms with Gasteiger partial charge >= 0.3 is 5.97 Å². The number of anilines is 1. The van der Waals surface area contributed by atoms with Gasteiger partial charge in [-0.25, -0.2) is 14.8 Å². The number of amides is 1. The van der Waals surface area contributed by atoms with Crippen molar-refractivity contribution in [1.29, 1.82) is 0 Å². The molecule has 0 saturated heterocycles. The normalized spacial score (nSPS) is 11.2. The smallest absolute Gasteiger partial charge is 0.337 e. The Labute approximate surface area is 183 Å². The number of carbonyl (C=O) groups excluding carboxylic acids is 2. The summed E-state index contributed by atoms with van der Waals surface area (Å²) in [5.74, 6) is -0.709. The zero-order chi connectivity index (χ0) is 22.7. The van der Waals surface area contributed by atoms with Crippen LogP contribution in [-0.2, 0) is 4.74 Å². The molecule has 160 valence electrons. The number of para-hydroxylation sites is 2. The topological polar surface area (TPSA) is 124 Å². The lowest BCUT2D eigenvalue weighted by atomic mass is 10.1. The molecule has 2 heterocycles. The summed E-state index contributed by atoms with van der Waals surface area (Å²) in [6, 6.07) is 14.0. The molecular weight excluding hydrogens is 408 g/mol. The van der Waals surface area contributed by atoms with Crippen LogP contribution in [0, 0.1) is 0 Å². The third-order valence-corrected chi connectivity index (χ3v) is 4.76. The Bertz CT molecular complexity index is 1370. The Balaban J connectivity index is 1.82. The van der Waals surface area contributed by atoms with E-state index in [1.807, 2.05) is 24.3 Å². The largest absolute Gasteiger partial charge is 0.465 e. The summed E-state index contributed by atoms with van der Waals surface area (Å²) in [4.78, 5) is 33.6. The van der Waals surface area contributed by atoms with Crippen LogP contribution in [0.4, 0.5) is 5.82 Å². The second kappa shape index (κ2) is 8.68. The van der Waals surface area contributed by atoms with Gasteiger partial charge in [0, 0.05) is 6.54 Å². The van der Waals surface area contributed by atoms with Crippen molar-refractivity contribution in [2.45, 2.75) is 0 Å². The van der Waals surface area contributed by atoms with Crippen molar-refractivity contribution >= 4 is 46.1 Å². The van der Waals surface area contributed by atoms with E-state index >= 15 is 0 Å². The fourth-order valence-electron chi connectivity index (χ4n) is 3.19. The Morgan fingerprint density at radius 1 is 1.16 bits per heavy atom. The molecule has 0 spiro atoms. The molecule has 3 N–H and O–H groups in total. The number of hydrogen-bond acceptors (Lipinski definition) is 7. The minimum atomic E-state index is -0.425. The first-order valence-electron chi connectivity index (χ1n) is 9.72. The Kier molecular flexibility index (Phi) is 5.63. The average Bonchev–Trinajstić information content (AvgIpc) is 3.09. The van der Waals surface area contributed by atoms with Crippen molar-refractivity contribution in [1.82, 2.24) is 20.0 Å². The molecule has 0 aliphatic carbocycles. The molecule has 0 fully saturated rings. The highest BCUT2D eigenvalue weighted by molar-refractivity contribution is 6.10. The van der Waals surface area contributed by atoms with Crippen LogP contribution < -0.4 is 11.1 Å². The fourth-order valence-corrected chi connectivity index (χ4v) is 3.19. The van der Waals surface area contributed by atoms with Crippen molar-refractivity contribution in [3.05, 3.63) is 77.9 Å². The lowest BCUT2D eigenvalue weighted by molar-refractivity contribution is 0.0600. The zero-order valence-electron chi connectivity index (χ0n) is 17.3. The molecule has 32 heavy (non-hydrogen) atoms. The lowest BCUT2D eigenvalue weighted by Gasteiger charge is -2.03. The summed E-state index contributed by atoms with van der Waals surface area (Å²) >= 11 is 0. The second-order valence-electron chi connectivity index (χ2n) is 6.81. The first-order chi connectivity index (χ1) is 15.5. The predicted molar refractivity (Wildman–Crippen MR) is 123 cm³/mol. The van der Waals surface area contributed by atoms with Crippen LogP contribution in [0.25, 0.3) is 22.2 Å². The molecule has 0 aliphatic heterocycles. The van der Waals surface area contributed by atoms with Gasteiger partial charge in [-0.05, 0) is 29.8 Å². The number of esters is 1. The molecule has 0 bridgehead atoms. The predicted octanol–water partition coefficient (Wildman–Crippen LogP) is 2.75. The van der Waals surface area contributed by atoms with E-state index in [4.69, 9.17) is 10.5 Å². The van der Waals surface area contributed by atoms with Crippen molar-refractivity contribution < 1.29 is 14.3 Å². The molecule has 0 atom stereocenters. The van der Waals surface area contributed by atoms with Gasteiger partial charge in [-0.3, -0.25) is 4.79 Å². The SMILES string of the molecule is C=CCNC(=O)c1c(N)n(/N=C\c2ccc(C(=O)OC)cc2)c2nc3ccccc3nc12. The first kappa shape index (κ1) is 20.7. The standard InChI is InChI=1S/C23H20N6O3/c1-3-12-25-22(30)18-19-21(28-17-7-5-4-6-16(17)27-19)29(20(18)24)26-13-14-8-10-15(11-9-14)23(31)32-2/h3-11,13H,1,12,24H2,2H3,(H,25,30)/b26-13-. The van der Waals surface area contributed by atoms with Crippen LogP contribution in [0.2, 0.25) is 0 Å². The molecule has 0 saturated carbocycles. The van der Waals surface area contributed by atoms with Crippen molar-refractivity contribution in [2.75, 3.05) is 19.4 Å². The maximum Gasteiger partial charge on any atom is 0.337 e. The molecule has 0 aliphatic rings. The quantitative estimate of drug-likeness (QED) is 0.276. The van der Waals surface area contributed by atoms with Crippen molar-refractivity contribution in [3.63, 3.8) is 0 Å². The van der Waals surface area contributed by atoms with Gasteiger partial charge in [-0.2, -0.15) is 9.78 Å². The number of nitrogens with one attached hydrogen (secondary N) is 1. The van der Waals surface area contributed by atoms with Crippen molar-refractivity contribution in [3.8, 4) is 0 Å². The summed E-state index contributed by atoms with van der Waals surface area (Å²) in [7, 11) is 1.32. The Morgan fingerprint density at radius 2 is 1.84 bits per heavy atom. The second-order valence-corrected chi connectivity index (χ2v) is 6.81. The van der Waals surface area contributed by atoms with E-state index < -0.39 is 11.9 Å². The molecule has 2 aromatic carbocycles. The van der Waals surface area contributed by atoms with Crippen LogP contribution in [0.3, 0.4) is 0 Å². The number of aromatic nitrogens is 3. The van der Waals surface area contributed by atoms with Gasteiger partial charge in [-0.1, -0.05) is 30.3 Å². The number of carbonyl (C=O) groups is 2. The molecule has 4 rings (SSSR count). The number of ether oxygens (including phenoxy) is 1. The number of nitrogens with two attached hydrogens (primary N) is 1. The number of nitrogen functional groups attached to an aromatic ring is 1. The lowest BCUT2D eigenvalue weighted by Crippen LogP contribution is -2.24. The van der Waals surface area contributed by atoms with E-state index in [2.05, 4.69) is 27.0 Å². The Morgan fingerprint density at radius 3 is 2.50 bits per heavy atom. The maximum absolute atomic E-state index is 12.8. The summed E-state index contributed by atoms with van der Waals surface area (Å²) in [6.45, 7) is 3.89. The van der Waals surface area contributed by atoms with E-state index in [1.165, 1.54) is 11.8 Å². The number of benzene rings is 2. The number of fused-ring (bicyclic) bond motifs is 2. The molecule has 1 amide bonds. The van der Waals surface area contributed by atoms with Crippen LogP contribution in [-0.4, -0.2) is 46.4 Å². The molecule has 4 aromatic rings. The van der Waals surface area contributed by atoms with E-state index in [0.717, 1.165) is 0 Å². The summed E-state index contributed by atoms with van der Waals surface area (Å²) in [5, 5.41) is 7.16. The molecule has 9 heteroatoms. The Hall–Kier alpha value is -4.53. The van der Waals surface area contributed by atoms with Crippen LogP contribution >= 0.6 is 0 Å². The monoisotopic (exact) mass is 428 g/mol. The molecule has 9 nitrogen and oxygen atoms in total. The van der Waals surface area contributed by atoms with Gasteiger partial charge in [0.1, 0.15) is 16.9 Å². The highest BCUT2D eigenvalue weighted by Crippen LogP contribution is 2.27. The van der Waals surface area contributed by atoms with Gasteiger partial charge in [-0.15, -0.1) is 6.58 Å². The minimum absolute atomic E-state index is 0.110. The zero-order valence-corrected chi connectivity index (χ0v) is 17.3. The highest BCUT2D eigenvalue weighted by atomic mass is 16.5. The van der Waals surface area contributed by atoms with Crippen molar-refractivity contribution in [2.24, 2.45) is 5.10 Å². The fraction of sp³-hybridized carbons (Fsp3) is 0.0870. The summed E-state index contributed by atoms with van der Waals surface area (Å²) in [6.07, 6.45) is 3.13. The summed E-state index contributed by atoms with van der Waals surface area (Å²) < 4.78 is 6.09. The average molecular weight is 428 g/mol. The third kappa shape index (κ3) is 3.79. The number of hydrogen-bond donors (Lipinski definition) is 2. The van der Waals surface area contributed by atoms with Gasteiger partial charge in [0.25, 0.3) is 5.91 Å².